The minimum atomic E-state index is -0.369. The molecule has 1 aromatic heterocycles. The van der Waals surface area contributed by atoms with Gasteiger partial charge in [0.2, 0.25) is 11.7 Å². The van der Waals surface area contributed by atoms with Gasteiger partial charge < -0.3 is 4.52 Å². The fraction of sp³-hybridized carbons (Fsp3) is 0.444. The fourth-order valence-corrected chi connectivity index (χ4v) is 2.97. The number of aryl methyl sites for hydroxylation is 1. The summed E-state index contributed by atoms with van der Waals surface area (Å²) >= 11 is 0. The van der Waals surface area contributed by atoms with Crippen LogP contribution >= 0.6 is 0 Å². The number of ketones is 2. The van der Waals surface area contributed by atoms with E-state index >= 15 is 0 Å². The zero-order valence-corrected chi connectivity index (χ0v) is 13.0. The van der Waals surface area contributed by atoms with Crippen molar-refractivity contribution in [2.24, 2.45) is 5.92 Å². The van der Waals surface area contributed by atoms with Gasteiger partial charge in [0.1, 0.15) is 11.6 Å². The summed E-state index contributed by atoms with van der Waals surface area (Å²) in [7, 11) is 0. The van der Waals surface area contributed by atoms with Crippen LogP contribution in [0.3, 0.4) is 0 Å². The first-order valence-corrected chi connectivity index (χ1v) is 8.17. The first-order chi connectivity index (χ1) is 11.2. The molecule has 0 radical (unpaired) electrons. The number of benzene rings is 1. The lowest BCUT2D eigenvalue weighted by Crippen LogP contribution is -2.28. The summed E-state index contributed by atoms with van der Waals surface area (Å²) in [4.78, 5) is 27.9. The van der Waals surface area contributed by atoms with Gasteiger partial charge in [-0.1, -0.05) is 41.9 Å². The molecule has 1 fully saturated rings. The molecule has 5 heteroatoms. The summed E-state index contributed by atoms with van der Waals surface area (Å²) in [6, 6.07) is 9.69. The highest BCUT2D eigenvalue weighted by Crippen LogP contribution is 2.23. The van der Waals surface area contributed by atoms with Crippen molar-refractivity contribution in [1.29, 1.82) is 0 Å². The van der Waals surface area contributed by atoms with Crippen LogP contribution in [0.25, 0.3) is 11.4 Å². The van der Waals surface area contributed by atoms with Crippen LogP contribution in [0.5, 0.6) is 0 Å². The van der Waals surface area contributed by atoms with Crippen molar-refractivity contribution < 1.29 is 14.1 Å². The average molecular weight is 312 g/mol. The van der Waals surface area contributed by atoms with Gasteiger partial charge in [0.15, 0.2) is 0 Å². The Morgan fingerprint density at radius 3 is 2.52 bits per heavy atom. The molecule has 0 atom stereocenters. The van der Waals surface area contributed by atoms with Gasteiger partial charge in [0.25, 0.3) is 0 Å². The normalized spacial score (nSPS) is 16.0. The van der Waals surface area contributed by atoms with Crippen molar-refractivity contribution in [2.45, 2.75) is 44.9 Å². The molecule has 23 heavy (non-hydrogen) atoms. The van der Waals surface area contributed by atoms with Crippen molar-refractivity contribution in [2.75, 3.05) is 0 Å². The van der Waals surface area contributed by atoms with Gasteiger partial charge in [-0.25, -0.2) is 0 Å². The second-order valence-corrected chi connectivity index (χ2v) is 5.96. The Hall–Kier alpha value is -2.30. The number of rotatable bonds is 6. The Balaban J connectivity index is 1.47. The molecule has 1 heterocycles. The Kier molecular flexibility index (Phi) is 4.95. The van der Waals surface area contributed by atoms with Gasteiger partial charge >= 0.3 is 0 Å². The fourth-order valence-electron chi connectivity index (χ4n) is 2.97. The van der Waals surface area contributed by atoms with E-state index in [9.17, 15) is 9.59 Å². The van der Waals surface area contributed by atoms with Crippen molar-refractivity contribution in [3.63, 3.8) is 0 Å². The van der Waals surface area contributed by atoms with E-state index in [2.05, 4.69) is 10.1 Å². The van der Waals surface area contributed by atoms with Gasteiger partial charge in [-0.05, 0) is 19.3 Å². The van der Waals surface area contributed by atoms with Crippen LogP contribution in [0.4, 0.5) is 0 Å². The summed E-state index contributed by atoms with van der Waals surface area (Å²) in [6.45, 7) is 0. The van der Waals surface area contributed by atoms with Gasteiger partial charge in [0.05, 0.1) is 5.92 Å². The van der Waals surface area contributed by atoms with Gasteiger partial charge in [-0.3, -0.25) is 9.59 Å². The molecular formula is C18H20N2O3. The second-order valence-electron chi connectivity index (χ2n) is 5.96. The third kappa shape index (κ3) is 3.92. The number of aromatic nitrogens is 2. The molecule has 120 valence electrons. The number of hydrogen-bond acceptors (Lipinski definition) is 5. The minimum absolute atomic E-state index is 0.116. The highest BCUT2D eigenvalue weighted by molar-refractivity contribution is 6.04. The van der Waals surface area contributed by atoms with E-state index in [0.29, 0.717) is 37.4 Å². The summed E-state index contributed by atoms with van der Waals surface area (Å²) in [5.74, 6) is 1.06. The molecule has 1 saturated carbocycles. The van der Waals surface area contributed by atoms with Crippen LogP contribution < -0.4 is 0 Å². The maximum Gasteiger partial charge on any atom is 0.226 e. The molecule has 0 spiro atoms. The molecule has 0 N–H and O–H groups in total. The molecule has 5 nitrogen and oxygen atoms in total. The number of carbonyl (C=O) groups excluding carboxylic acids is 2. The Labute approximate surface area is 135 Å². The smallest absolute Gasteiger partial charge is 0.226 e. The lowest BCUT2D eigenvalue weighted by Gasteiger charge is -2.18. The van der Waals surface area contributed by atoms with Crippen molar-refractivity contribution >= 4 is 11.6 Å². The Morgan fingerprint density at radius 1 is 1.04 bits per heavy atom. The highest BCUT2D eigenvalue weighted by Gasteiger charge is 2.29. The van der Waals surface area contributed by atoms with Crippen LogP contribution in [0.15, 0.2) is 34.9 Å². The van der Waals surface area contributed by atoms with Gasteiger partial charge in [-0.2, -0.15) is 4.98 Å². The predicted octanol–water partition coefficient (Wildman–Crippen LogP) is 3.39. The van der Waals surface area contributed by atoms with Crippen LogP contribution in [0, 0.1) is 5.92 Å². The second kappa shape index (κ2) is 7.31. The monoisotopic (exact) mass is 312 g/mol. The zero-order chi connectivity index (χ0) is 16.1. The summed E-state index contributed by atoms with van der Waals surface area (Å²) in [6.07, 6.45) is 4.82. The average Bonchev–Trinajstić information content (AvgIpc) is 3.03. The highest BCUT2D eigenvalue weighted by atomic mass is 16.5. The molecule has 0 unspecified atom stereocenters. The Morgan fingerprint density at radius 2 is 1.78 bits per heavy atom. The van der Waals surface area contributed by atoms with E-state index in [0.717, 1.165) is 24.8 Å². The van der Waals surface area contributed by atoms with Crippen molar-refractivity contribution in [3.8, 4) is 11.4 Å². The minimum Gasteiger partial charge on any atom is -0.339 e. The summed E-state index contributed by atoms with van der Waals surface area (Å²) in [5.41, 5.74) is 0.931. The molecular weight excluding hydrogens is 292 g/mol. The third-order valence-electron chi connectivity index (χ3n) is 4.26. The van der Waals surface area contributed by atoms with E-state index in [4.69, 9.17) is 4.52 Å². The van der Waals surface area contributed by atoms with Crippen LogP contribution in [-0.4, -0.2) is 21.7 Å². The first-order valence-electron chi connectivity index (χ1n) is 8.17. The molecule has 0 bridgehead atoms. The largest absolute Gasteiger partial charge is 0.339 e. The van der Waals surface area contributed by atoms with Gasteiger partial charge in [-0.15, -0.1) is 0 Å². The molecule has 2 aromatic rings. The number of hydrogen-bond donors (Lipinski definition) is 0. The first kappa shape index (κ1) is 15.6. The molecule has 0 aliphatic heterocycles. The lowest BCUT2D eigenvalue weighted by atomic mass is 9.83. The molecule has 1 aromatic carbocycles. The summed E-state index contributed by atoms with van der Waals surface area (Å²) in [5, 5.41) is 3.98. The van der Waals surface area contributed by atoms with E-state index < -0.39 is 0 Å². The third-order valence-corrected chi connectivity index (χ3v) is 4.26. The van der Waals surface area contributed by atoms with Crippen LogP contribution in [0.1, 0.15) is 44.4 Å². The van der Waals surface area contributed by atoms with Gasteiger partial charge in [0, 0.05) is 24.8 Å². The lowest BCUT2D eigenvalue weighted by molar-refractivity contribution is -0.135. The molecule has 0 amide bonds. The van der Waals surface area contributed by atoms with E-state index in [1.807, 2.05) is 30.3 Å². The van der Waals surface area contributed by atoms with Crippen LogP contribution in [-0.2, 0) is 16.0 Å². The SMILES string of the molecule is O=C1CCCC(=O)C1CCCCc1nc(-c2ccccc2)no1. The van der Waals surface area contributed by atoms with Crippen molar-refractivity contribution in [3.05, 3.63) is 36.2 Å². The van der Waals surface area contributed by atoms with E-state index in [-0.39, 0.29) is 17.5 Å². The van der Waals surface area contributed by atoms with E-state index in [1.165, 1.54) is 0 Å². The zero-order valence-electron chi connectivity index (χ0n) is 13.0. The standard InChI is InChI=1S/C18H20N2O3/c21-15-10-6-11-16(22)14(15)9-4-5-12-17-19-18(20-23-17)13-7-2-1-3-8-13/h1-3,7-8,14H,4-6,9-12H2. The molecule has 0 saturated heterocycles. The number of unbranched alkanes of at least 4 members (excludes halogenated alkanes) is 1. The quantitative estimate of drug-likeness (QED) is 0.604. The number of Topliss-reactive ketones (excluding diaryl/α,β-unsaturated/α-hetero) is 2. The molecule has 1 aliphatic carbocycles. The van der Waals surface area contributed by atoms with E-state index in [1.54, 1.807) is 0 Å². The van der Waals surface area contributed by atoms with Crippen LogP contribution in [0.2, 0.25) is 0 Å². The number of nitrogens with zero attached hydrogens (tertiary/aromatic N) is 2. The Bertz CT molecular complexity index is 663. The topological polar surface area (TPSA) is 73.1 Å². The maximum absolute atomic E-state index is 11.8. The molecule has 3 rings (SSSR count). The number of carbonyl (C=O) groups is 2. The predicted molar refractivity (Wildman–Crippen MR) is 84.6 cm³/mol. The van der Waals surface area contributed by atoms with Crippen molar-refractivity contribution in [1.82, 2.24) is 10.1 Å². The molecule has 1 aliphatic rings. The maximum atomic E-state index is 11.8. The summed E-state index contributed by atoms with van der Waals surface area (Å²) < 4.78 is 5.26.